The van der Waals surface area contributed by atoms with Crippen LogP contribution < -0.4 is 10.6 Å². The molecule has 2 amide bonds. The number of nitrogens with one attached hydrogen (secondary N) is 2. The first-order chi connectivity index (χ1) is 11.5. The summed E-state index contributed by atoms with van der Waals surface area (Å²) in [4.78, 5) is 28.8. The average molecular weight is 363 g/mol. The molecule has 0 fully saturated rings. The third kappa shape index (κ3) is 5.16. The summed E-state index contributed by atoms with van der Waals surface area (Å²) in [5.74, 6) is -0.208. The third-order valence-electron chi connectivity index (χ3n) is 3.53. The van der Waals surface area contributed by atoms with Crippen molar-refractivity contribution >= 4 is 38.7 Å². The summed E-state index contributed by atoms with van der Waals surface area (Å²) >= 11 is 1.43. The highest BCUT2D eigenvalue weighted by atomic mass is 32.1. The number of rotatable bonds is 4. The van der Waals surface area contributed by atoms with Gasteiger partial charge in [0.25, 0.3) is 0 Å². The molecule has 0 aliphatic rings. The van der Waals surface area contributed by atoms with E-state index in [1.54, 1.807) is 34.6 Å². The number of benzene rings is 1. The molecule has 136 valence electrons. The zero-order chi connectivity index (χ0) is 18.8. The van der Waals surface area contributed by atoms with Gasteiger partial charge in [0, 0.05) is 6.54 Å². The van der Waals surface area contributed by atoms with Crippen molar-refractivity contribution in [2.24, 2.45) is 5.41 Å². The van der Waals surface area contributed by atoms with Crippen molar-refractivity contribution in [3.05, 3.63) is 23.8 Å². The molecule has 1 aromatic heterocycles. The molecule has 0 aliphatic heterocycles. The van der Waals surface area contributed by atoms with Crippen molar-refractivity contribution in [3.8, 4) is 0 Å². The number of carbonyl (C=O) groups excluding carboxylic acids is 2. The summed E-state index contributed by atoms with van der Waals surface area (Å²) in [7, 11) is 0. The molecule has 0 spiro atoms. The lowest BCUT2D eigenvalue weighted by atomic mass is 9.92. The molecule has 2 aromatic rings. The number of fused-ring (bicyclic) bond motifs is 1. The van der Waals surface area contributed by atoms with Gasteiger partial charge >= 0.3 is 6.09 Å². The number of aromatic nitrogens is 1. The normalized spacial score (nSPS) is 12.1. The van der Waals surface area contributed by atoms with E-state index < -0.39 is 17.1 Å². The first-order valence-electron chi connectivity index (χ1n) is 8.12. The molecular formula is C18H25N3O3S. The largest absolute Gasteiger partial charge is 0.444 e. The molecule has 0 radical (unpaired) electrons. The molecule has 2 rings (SSSR count). The van der Waals surface area contributed by atoms with Gasteiger partial charge in [0.05, 0.1) is 15.6 Å². The molecule has 0 unspecified atom stereocenters. The zero-order valence-electron chi connectivity index (χ0n) is 15.5. The summed E-state index contributed by atoms with van der Waals surface area (Å²) in [6.45, 7) is 11.1. The second kappa shape index (κ2) is 7.00. The summed E-state index contributed by atoms with van der Waals surface area (Å²) < 4.78 is 6.22. The number of anilines is 1. The number of thiazole rings is 1. The fourth-order valence-electron chi connectivity index (χ4n) is 2.09. The van der Waals surface area contributed by atoms with Crippen LogP contribution in [-0.2, 0) is 9.53 Å². The van der Waals surface area contributed by atoms with Crippen molar-refractivity contribution in [1.29, 1.82) is 0 Å². The zero-order valence-corrected chi connectivity index (χ0v) is 16.3. The highest BCUT2D eigenvalue weighted by Gasteiger charge is 2.30. The molecule has 0 saturated heterocycles. The van der Waals surface area contributed by atoms with Gasteiger partial charge in [-0.25, -0.2) is 9.78 Å². The van der Waals surface area contributed by atoms with Crippen LogP contribution in [0.25, 0.3) is 10.2 Å². The second-order valence-electron chi connectivity index (χ2n) is 7.63. The Morgan fingerprint density at radius 3 is 2.48 bits per heavy atom. The van der Waals surface area contributed by atoms with Crippen LogP contribution in [0.3, 0.4) is 0 Å². The number of hydrogen-bond donors (Lipinski definition) is 2. The lowest BCUT2D eigenvalue weighted by molar-refractivity contribution is -0.123. The van der Waals surface area contributed by atoms with E-state index in [4.69, 9.17) is 4.74 Å². The van der Waals surface area contributed by atoms with E-state index in [1.165, 1.54) is 11.3 Å². The van der Waals surface area contributed by atoms with E-state index >= 15 is 0 Å². The SMILES string of the molecule is Cc1cccc2sc(NC(=O)C(C)(C)CNC(=O)OC(C)(C)C)nc12. The molecule has 2 N–H and O–H groups in total. The maximum Gasteiger partial charge on any atom is 0.407 e. The predicted octanol–water partition coefficient (Wildman–Crippen LogP) is 4.09. The molecular weight excluding hydrogens is 338 g/mol. The Hall–Kier alpha value is -2.15. The Morgan fingerprint density at radius 1 is 1.20 bits per heavy atom. The molecule has 25 heavy (non-hydrogen) atoms. The van der Waals surface area contributed by atoms with Crippen LogP contribution in [-0.4, -0.2) is 29.1 Å². The fraction of sp³-hybridized carbons (Fsp3) is 0.500. The fourth-order valence-corrected chi connectivity index (χ4v) is 3.03. The van der Waals surface area contributed by atoms with Crippen molar-refractivity contribution in [2.45, 2.75) is 47.1 Å². The highest BCUT2D eigenvalue weighted by Crippen LogP contribution is 2.29. The minimum absolute atomic E-state index is 0.164. The van der Waals surface area contributed by atoms with E-state index in [0.29, 0.717) is 5.13 Å². The van der Waals surface area contributed by atoms with Gasteiger partial charge in [-0.2, -0.15) is 0 Å². The number of alkyl carbamates (subject to hydrolysis) is 1. The summed E-state index contributed by atoms with van der Waals surface area (Å²) in [6, 6.07) is 5.93. The standard InChI is InChI=1S/C18H25N3O3S/c1-11-8-7-9-12-13(11)20-15(25-12)21-14(22)18(5,6)10-19-16(23)24-17(2,3)4/h7-9H,10H2,1-6H3,(H,19,23)(H,20,21,22). The smallest absolute Gasteiger partial charge is 0.407 e. The average Bonchev–Trinajstić information content (AvgIpc) is 2.87. The Balaban J connectivity index is 2.00. The minimum atomic E-state index is -0.802. The van der Waals surface area contributed by atoms with Gasteiger partial charge in [-0.15, -0.1) is 0 Å². The Kier molecular flexibility index (Phi) is 5.37. The molecule has 0 saturated carbocycles. The first-order valence-corrected chi connectivity index (χ1v) is 8.94. The second-order valence-corrected chi connectivity index (χ2v) is 8.66. The number of carbonyl (C=O) groups is 2. The molecule has 1 aromatic carbocycles. The van der Waals surface area contributed by atoms with E-state index in [0.717, 1.165) is 15.8 Å². The maximum absolute atomic E-state index is 12.6. The number of nitrogens with zero attached hydrogens (tertiary/aromatic N) is 1. The molecule has 7 heteroatoms. The lowest BCUT2D eigenvalue weighted by Gasteiger charge is -2.25. The molecule has 6 nitrogen and oxygen atoms in total. The Labute approximate surface area is 152 Å². The van der Waals surface area contributed by atoms with Gasteiger partial charge in [0.2, 0.25) is 5.91 Å². The van der Waals surface area contributed by atoms with Gasteiger partial charge in [-0.05, 0) is 53.2 Å². The van der Waals surface area contributed by atoms with Crippen molar-refractivity contribution in [2.75, 3.05) is 11.9 Å². The molecule has 0 aliphatic carbocycles. The highest BCUT2D eigenvalue weighted by molar-refractivity contribution is 7.22. The number of para-hydroxylation sites is 1. The van der Waals surface area contributed by atoms with Gasteiger partial charge in [0.15, 0.2) is 5.13 Å². The Morgan fingerprint density at radius 2 is 1.88 bits per heavy atom. The van der Waals surface area contributed by atoms with Gasteiger partial charge in [-0.3, -0.25) is 4.79 Å². The van der Waals surface area contributed by atoms with Crippen molar-refractivity contribution < 1.29 is 14.3 Å². The minimum Gasteiger partial charge on any atom is -0.444 e. The van der Waals surface area contributed by atoms with Crippen LogP contribution in [0.4, 0.5) is 9.93 Å². The third-order valence-corrected chi connectivity index (χ3v) is 4.47. The molecule has 0 bridgehead atoms. The van der Waals surface area contributed by atoms with E-state index in [2.05, 4.69) is 15.6 Å². The van der Waals surface area contributed by atoms with E-state index in [9.17, 15) is 9.59 Å². The molecule has 0 atom stereocenters. The van der Waals surface area contributed by atoms with Gasteiger partial charge in [-0.1, -0.05) is 23.5 Å². The number of amides is 2. The van der Waals surface area contributed by atoms with Crippen LogP contribution in [0.1, 0.15) is 40.2 Å². The van der Waals surface area contributed by atoms with Crippen LogP contribution in [0.2, 0.25) is 0 Å². The summed E-state index contributed by atoms with van der Waals surface area (Å²) in [5.41, 5.74) is 0.590. The number of aryl methyl sites for hydroxylation is 1. The Bertz CT molecular complexity index is 790. The quantitative estimate of drug-likeness (QED) is 0.857. The number of ether oxygens (including phenoxy) is 1. The summed E-state index contributed by atoms with van der Waals surface area (Å²) in [6.07, 6.45) is -0.538. The first kappa shape index (κ1) is 19.2. The van der Waals surface area contributed by atoms with Gasteiger partial charge < -0.3 is 15.4 Å². The number of hydrogen-bond acceptors (Lipinski definition) is 5. The molecule has 1 heterocycles. The van der Waals surface area contributed by atoms with Gasteiger partial charge in [0.1, 0.15) is 5.60 Å². The predicted molar refractivity (Wildman–Crippen MR) is 101 cm³/mol. The van der Waals surface area contributed by atoms with Crippen LogP contribution in [0, 0.1) is 12.3 Å². The van der Waals surface area contributed by atoms with Crippen LogP contribution in [0.15, 0.2) is 18.2 Å². The van der Waals surface area contributed by atoms with E-state index in [-0.39, 0.29) is 12.5 Å². The van der Waals surface area contributed by atoms with Crippen LogP contribution in [0.5, 0.6) is 0 Å². The van der Waals surface area contributed by atoms with Crippen LogP contribution >= 0.6 is 11.3 Å². The van der Waals surface area contributed by atoms with Crippen molar-refractivity contribution in [3.63, 3.8) is 0 Å². The lowest BCUT2D eigenvalue weighted by Crippen LogP contribution is -2.43. The van der Waals surface area contributed by atoms with E-state index in [1.807, 2.05) is 25.1 Å². The summed E-state index contributed by atoms with van der Waals surface area (Å²) in [5, 5.41) is 6.05. The topological polar surface area (TPSA) is 80.3 Å². The van der Waals surface area contributed by atoms with Crippen molar-refractivity contribution in [1.82, 2.24) is 10.3 Å². The monoisotopic (exact) mass is 363 g/mol. The maximum atomic E-state index is 12.6.